The van der Waals surface area contributed by atoms with Crippen LogP contribution in [-0.4, -0.2) is 17.1 Å². The molecule has 0 spiro atoms. The Kier molecular flexibility index (Phi) is 4.63. The molecular formula is C19H27N3O2. The smallest absolute Gasteiger partial charge is 0.242 e. The lowest BCUT2D eigenvalue weighted by Crippen LogP contribution is -2.35. The Morgan fingerprint density at radius 2 is 2.25 bits per heavy atom. The number of hydrogen-bond acceptors (Lipinski definition) is 4. The number of allylic oxidation sites excluding steroid dienone is 4. The molecule has 5 heteroatoms. The summed E-state index contributed by atoms with van der Waals surface area (Å²) < 4.78 is 5.59. The fourth-order valence-electron chi connectivity index (χ4n) is 3.83. The molecule has 1 fully saturated rings. The van der Waals surface area contributed by atoms with Gasteiger partial charge in [0.25, 0.3) is 0 Å². The second kappa shape index (κ2) is 6.55. The molecule has 2 bridgehead atoms. The molecule has 1 aromatic heterocycles. The summed E-state index contributed by atoms with van der Waals surface area (Å²) in [6, 6.07) is 1.33. The van der Waals surface area contributed by atoms with E-state index in [1.165, 1.54) is 5.57 Å². The van der Waals surface area contributed by atoms with Crippen LogP contribution in [0, 0.1) is 5.92 Å². The largest absolute Gasteiger partial charge is 0.358 e. The standard InChI is InChI=1S/C19H27N3O2/c1-4-5-15(20)18(23)21-17-9-16(24-22-17)19(3)10-12(2)6-13-7-14(8-13)11-19/h6,9,11-12,15H,4-5,7-8,10,20H2,1-3H3,(H,21,22,23)/t12?,15-,19?/m0/s1. The maximum absolute atomic E-state index is 12.0. The van der Waals surface area contributed by atoms with E-state index in [1.54, 1.807) is 5.57 Å². The van der Waals surface area contributed by atoms with E-state index in [9.17, 15) is 4.79 Å². The number of nitrogens with one attached hydrogen (secondary N) is 1. The van der Waals surface area contributed by atoms with Crippen LogP contribution in [0.25, 0.3) is 0 Å². The lowest BCUT2D eigenvalue weighted by molar-refractivity contribution is -0.117. The summed E-state index contributed by atoms with van der Waals surface area (Å²) in [6.07, 6.45) is 9.39. The van der Waals surface area contributed by atoms with Gasteiger partial charge >= 0.3 is 0 Å². The number of nitrogens with zero attached hydrogens (tertiary/aromatic N) is 1. The summed E-state index contributed by atoms with van der Waals surface area (Å²) in [7, 11) is 0. The molecule has 3 aliphatic rings. The summed E-state index contributed by atoms with van der Waals surface area (Å²) in [5.74, 6) is 1.52. The molecule has 5 nitrogen and oxygen atoms in total. The van der Waals surface area contributed by atoms with Crippen LogP contribution in [0.1, 0.15) is 58.6 Å². The highest BCUT2D eigenvalue weighted by Gasteiger charge is 2.35. The molecule has 2 unspecified atom stereocenters. The number of carbonyl (C=O) groups is 1. The zero-order valence-electron chi connectivity index (χ0n) is 14.8. The zero-order valence-corrected chi connectivity index (χ0v) is 14.8. The van der Waals surface area contributed by atoms with E-state index >= 15 is 0 Å². The lowest BCUT2D eigenvalue weighted by atomic mass is 9.70. The average Bonchev–Trinajstić information content (AvgIpc) is 2.92. The molecule has 3 N–H and O–H groups in total. The Morgan fingerprint density at radius 3 is 2.96 bits per heavy atom. The highest BCUT2D eigenvalue weighted by atomic mass is 16.5. The van der Waals surface area contributed by atoms with Crippen LogP contribution in [-0.2, 0) is 10.2 Å². The van der Waals surface area contributed by atoms with Crippen molar-refractivity contribution in [1.82, 2.24) is 5.16 Å². The van der Waals surface area contributed by atoms with Gasteiger partial charge in [-0.2, -0.15) is 0 Å². The first-order valence-electron chi connectivity index (χ1n) is 8.83. The Hall–Kier alpha value is -1.88. The van der Waals surface area contributed by atoms with Crippen LogP contribution in [0.15, 0.2) is 33.9 Å². The molecule has 1 amide bonds. The fourth-order valence-corrected chi connectivity index (χ4v) is 3.83. The molecule has 130 valence electrons. The van der Waals surface area contributed by atoms with Crippen LogP contribution in [0.5, 0.6) is 0 Å². The lowest BCUT2D eigenvalue weighted by Gasteiger charge is -2.34. The summed E-state index contributed by atoms with van der Waals surface area (Å²) in [6.45, 7) is 6.43. The Bertz CT molecular complexity index is 679. The number of hydrogen-bond donors (Lipinski definition) is 2. The minimum absolute atomic E-state index is 0.196. The van der Waals surface area contributed by atoms with Gasteiger partial charge in [-0.25, -0.2) is 0 Å². The second-order valence-electron chi connectivity index (χ2n) is 7.54. The van der Waals surface area contributed by atoms with Gasteiger partial charge in [0, 0.05) is 11.5 Å². The highest BCUT2D eigenvalue weighted by Crippen LogP contribution is 2.44. The number of aromatic nitrogens is 1. The van der Waals surface area contributed by atoms with Crippen LogP contribution in [0.2, 0.25) is 0 Å². The van der Waals surface area contributed by atoms with Crippen molar-refractivity contribution in [2.45, 2.75) is 64.3 Å². The van der Waals surface area contributed by atoms with Gasteiger partial charge in [0.15, 0.2) is 5.82 Å². The third-order valence-corrected chi connectivity index (χ3v) is 4.96. The molecule has 0 aliphatic heterocycles. The first-order valence-corrected chi connectivity index (χ1v) is 8.83. The maximum Gasteiger partial charge on any atom is 0.242 e. The summed E-state index contributed by atoms with van der Waals surface area (Å²) in [5.41, 5.74) is 8.66. The predicted octanol–water partition coefficient (Wildman–Crippen LogP) is 3.68. The molecular weight excluding hydrogens is 302 g/mol. The van der Waals surface area contributed by atoms with Crippen LogP contribution in [0.3, 0.4) is 0 Å². The molecule has 1 aromatic rings. The van der Waals surface area contributed by atoms with Crippen LogP contribution in [0.4, 0.5) is 5.82 Å². The Balaban J connectivity index is 1.76. The van der Waals surface area contributed by atoms with E-state index in [-0.39, 0.29) is 11.3 Å². The monoisotopic (exact) mass is 329 g/mol. The topological polar surface area (TPSA) is 81.2 Å². The van der Waals surface area contributed by atoms with Gasteiger partial charge in [0.1, 0.15) is 5.76 Å². The molecule has 4 rings (SSSR count). The van der Waals surface area contributed by atoms with Gasteiger partial charge in [-0.05, 0) is 38.5 Å². The van der Waals surface area contributed by atoms with E-state index < -0.39 is 6.04 Å². The predicted molar refractivity (Wildman–Crippen MR) is 94.5 cm³/mol. The molecule has 1 heterocycles. The third-order valence-electron chi connectivity index (χ3n) is 4.96. The molecule has 0 radical (unpaired) electrons. The number of rotatable bonds is 5. The van der Waals surface area contributed by atoms with Gasteiger partial charge in [-0.1, -0.05) is 48.7 Å². The molecule has 0 saturated heterocycles. The van der Waals surface area contributed by atoms with Crippen molar-refractivity contribution in [3.05, 3.63) is 35.1 Å². The van der Waals surface area contributed by atoms with Crippen LogP contribution >= 0.6 is 0 Å². The van der Waals surface area contributed by atoms with E-state index in [0.29, 0.717) is 18.2 Å². The van der Waals surface area contributed by atoms with Crippen LogP contribution < -0.4 is 11.1 Å². The Labute approximate surface area is 143 Å². The van der Waals surface area contributed by atoms with E-state index in [4.69, 9.17) is 10.3 Å². The molecule has 3 atom stereocenters. The molecule has 3 aliphatic carbocycles. The fraction of sp³-hybridized carbons (Fsp3) is 0.579. The van der Waals surface area contributed by atoms with Crippen molar-refractivity contribution in [3.63, 3.8) is 0 Å². The SMILES string of the molecule is CCC[C@H](N)C(=O)Nc1cc(C2(C)C=C3CC(=CC(C)C2)C3)on1. The quantitative estimate of drug-likeness (QED) is 0.807. The van der Waals surface area contributed by atoms with Gasteiger partial charge in [0.2, 0.25) is 5.91 Å². The van der Waals surface area contributed by atoms with Crippen molar-refractivity contribution < 1.29 is 9.32 Å². The van der Waals surface area contributed by atoms with Crippen molar-refractivity contribution >= 4 is 11.7 Å². The highest BCUT2D eigenvalue weighted by molar-refractivity contribution is 5.93. The first-order chi connectivity index (χ1) is 11.4. The second-order valence-corrected chi connectivity index (χ2v) is 7.54. The number of anilines is 1. The van der Waals surface area contributed by atoms with Crippen molar-refractivity contribution in [3.8, 4) is 0 Å². The van der Waals surface area contributed by atoms with E-state index in [1.807, 2.05) is 13.0 Å². The van der Waals surface area contributed by atoms with E-state index in [2.05, 4.69) is 36.5 Å². The molecule has 1 saturated carbocycles. The zero-order chi connectivity index (χ0) is 17.3. The molecule has 0 aromatic carbocycles. The average molecular weight is 329 g/mol. The Morgan fingerprint density at radius 1 is 1.50 bits per heavy atom. The summed E-state index contributed by atoms with van der Waals surface area (Å²) in [5, 5.41) is 6.79. The minimum Gasteiger partial charge on any atom is -0.358 e. The number of fused-ring (bicyclic) bond motifs is 4. The normalized spacial score (nSPS) is 27.2. The van der Waals surface area contributed by atoms with E-state index in [0.717, 1.165) is 31.4 Å². The number of nitrogens with two attached hydrogens (primary N) is 1. The van der Waals surface area contributed by atoms with Gasteiger partial charge in [0.05, 0.1) is 6.04 Å². The third kappa shape index (κ3) is 3.46. The number of carbonyl (C=O) groups excluding carboxylic acids is 1. The molecule has 24 heavy (non-hydrogen) atoms. The first kappa shape index (κ1) is 17.0. The van der Waals surface area contributed by atoms with Gasteiger partial charge < -0.3 is 15.6 Å². The summed E-state index contributed by atoms with van der Waals surface area (Å²) >= 11 is 0. The number of amides is 1. The van der Waals surface area contributed by atoms with Crippen molar-refractivity contribution in [2.24, 2.45) is 11.7 Å². The van der Waals surface area contributed by atoms with Crippen molar-refractivity contribution in [2.75, 3.05) is 5.32 Å². The summed E-state index contributed by atoms with van der Waals surface area (Å²) in [4.78, 5) is 12.0. The minimum atomic E-state index is -0.507. The van der Waals surface area contributed by atoms with Gasteiger partial charge in [-0.15, -0.1) is 0 Å². The van der Waals surface area contributed by atoms with Gasteiger partial charge in [-0.3, -0.25) is 4.79 Å². The van der Waals surface area contributed by atoms with Crippen molar-refractivity contribution in [1.29, 1.82) is 0 Å². The maximum atomic E-state index is 12.0.